The number of rotatable bonds is 5. The molecule has 0 heterocycles. The molecule has 6 nitrogen and oxygen atoms in total. The zero-order valence-electron chi connectivity index (χ0n) is 9.53. The highest BCUT2D eigenvalue weighted by Crippen LogP contribution is 2.15. The van der Waals surface area contributed by atoms with E-state index in [1.54, 1.807) is 7.05 Å². The third-order valence-electron chi connectivity index (χ3n) is 2.43. The van der Waals surface area contributed by atoms with Crippen LogP contribution in [0.4, 0.5) is 4.79 Å². The smallest absolute Gasteiger partial charge is 0.341 e. The van der Waals surface area contributed by atoms with Gasteiger partial charge in [-0.2, -0.15) is 0 Å². The van der Waals surface area contributed by atoms with Crippen LogP contribution in [0.2, 0.25) is 0 Å². The van der Waals surface area contributed by atoms with Gasteiger partial charge in [-0.05, 0) is 20.3 Å². The number of nitrogens with one attached hydrogen (secondary N) is 1. The Morgan fingerprint density at radius 3 is 2.40 bits per heavy atom. The first kappa shape index (κ1) is 13.7. The molecule has 0 rings (SSSR count). The third-order valence-corrected chi connectivity index (χ3v) is 2.43. The van der Waals surface area contributed by atoms with Crippen molar-refractivity contribution in [2.45, 2.75) is 32.7 Å². The second kappa shape index (κ2) is 5.55. The molecule has 0 aliphatic heterocycles. The lowest BCUT2D eigenvalue weighted by Crippen LogP contribution is -2.49. The van der Waals surface area contributed by atoms with Gasteiger partial charge in [-0.3, -0.25) is 4.84 Å². The van der Waals surface area contributed by atoms with E-state index in [2.05, 4.69) is 10.3 Å². The Labute approximate surface area is 89.2 Å². The first-order valence-corrected chi connectivity index (χ1v) is 4.68. The van der Waals surface area contributed by atoms with Gasteiger partial charge in [0.25, 0.3) is 0 Å². The van der Waals surface area contributed by atoms with E-state index < -0.39 is 18.6 Å². The van der Waals surface area contributed by atoms with Gasteiger partial charge in [0, 0.05) is 12.6 Å². The number of carboxylic acid groups (broad SMARTS) is 1. The largest absolute Gasteiger partial charge is 0.479 e. The summed E-state index contributed by atoms with van der Waals surface area (Å²) in [5.41, 5.74) is 1.77. The Balaban J connectivity index is 4.05. The summed E-state index contributed by atoms with van der Waals surface area (Å²) in [6.45, 7) is 5.22. The van der Waals surface area contributed by atoms with Crippen LogP contribution in [-0.4, -0.2) is 41.2 Å². The van der Waals surface area contributed by atoms with E-state index in [9.17, 15) is 9.59 Å². The molecular weight excluding hydrogens is 200 g/mol. The van der Waals surface area contributed by atoms with Crippen LogP contribution in [0.5, 0.6) is 0 Å². The molecule has 0 saturated heterocycles. The molecule has 2 amide bonds. The molecule has 0 aromatic heterocycles. The van der Waals surface area contributed by atoms with Crippen molar-refractivity contribution >= 4 is 12.0 Å². The first-order valence-electron chi connectivity index (χ1n) is 4.68. The maximum atomic E-state index is 11.4. The fourth-order valence-corrected chi connectivity index (χ4v) is 0.740. The zero-order valence-corrected chi connectivity index (χ0v) is 9.53. The Morgan fingerprint density at radius 1 is 1.47 bits per heavy atom. The molecule has 15 heavy (non-hydrogen) atoms. The summed E-state index contributed by atoms with van der Waals surface area (Å²) >= 11 is 0. The quantitative estimate of drug-likeness (QED) is 0.670. The van der Waals surface area contributed by atoms with E-state index in [-0.39, 0.29) is 5.54 Å². The molecular formula is C9H18N2O4. The number of urea groups is 1. The van der Waals surface area contributed by atoms with Gasteiger partial charge in [0.1, 0.15) is 0 Å². The van der Waals surface area contributed by atoms with Crippen LogP contribution in [0.3, 0.4) is 0 Å². The average Bonchev–Trinajstić information content (AvgIpc) is 2.15. The van der Waals surface area contributed by atoms with Crippen molar-refractivity contribution in [2.75, 3.05) is 13.7 Å². The Kier molecular flexibility index (Phi) is 5.07. The summed E-state index contributed by atoms with van der Waals surface area (Å²) in [7, 11) is 1.63. The molecule has 0 radical (unpaired) electrons. The van der Waals surface area contributed by atoms with Crippen molar-refractivity contribution in [3.63, 3.8) is 0 Å². The second-order valence-corrected chi connectivity index (χ2v) is 3.81. The summed E-state index contributed by atoms with van der Waals surface area (Å²) in [4.78, 5) is 27.5. The van der Waals surface area contributed by atoms with E-state index >= 15 is 0 Å². The van der Waals surface area contributed by atoms with E-state index in [1.807, 2.05) is 20.8 Å². The van der Waals surface area contributed by atoms with Gasteiger partial charge >= 0.3 is 12.0 Å². The van der Waals surface area contributed by atoms with Gasteiger partial charge in [-0.25, -0.2) is 15.1 Å². The van der Waals surface area contributed by atoms with Crippen LogP contribution < -0.4 is 5.48 Å². The van der Waals surface area contributed by atoms with Crippen molar-refractivity contribution in [1.82, 2.24) is 10.4 Å². The van der Waals surface area contributed by atoms with E-state index in [4.69, 9.17) is 5.11 Å². The molecule has 0 saturated carbocycles. The molecule has 0 aliphatic rings. The number of carboxylic acids is 1. The molecule has 88 valence electrons. The minimum absolute atomic E-state index is 0.295. The Hall–Kier alpha value is -1.30. The molecule has 0 unspecified atom stereocenters. The van der Waals surface area contributed by atoms with Crippen LogP contribution in [0.25, 0.3) is 0 Å². The SMILES string of the molecule is CCC(C)(C)N(C)C(=O)NOCC(=O)O. The standard InChI is InChI=1S/C9H18N2O4/c1-5-9(2,3)11(4)8(14)10-15-6-7(12)13/h5-6H2,1-4H3,(H,10,14)(H,12,13). The Bertz CT molecular complexity index is 240. The normalized spacial score (nSPS) is 10.9. The van der Waals surface area contributed by atoms with Crippen molar-refractivity contribution in [2.24, 2.45) is 0 Å². The highest BCUT2D eigenvalue weighted by molar-refractivity contribution is 5.74. The summed E-state index contributed by atoms with van der Waals surface area (Å²) < 4.78 is 0. The number of carbonyl (C=O) groups is 2. The van der Waals surface area contributed by atoms with Gasteiger partial charge < -0.3 is 10.0 Å². The maximum Gasteiger partial charge on any atom is 0.341 e. The average molecular weight is 218 g/mol. The predicted octanol–water partition coefficient (Wildman–Crippen LogP) is 0.833. The van der Waals surface area contributed by atoms with Gasteiger partial charge in [0.15, 0.2) is 6.61 Å². The molecule has 0 bridgehead atoms. The molecule has 0 aromatic carbocycles. The van der Waals surface area contributed by atoms with Crippen molar-refractivity contribution < 1.29 is 19.5 Å². The van der Waals surface area contributed by atoms with Crippen LogP contribution in [0.1, 0.15) is 27.2 Å². The molecule has 0 atom stereocenters. The van der Waals surface area contributed by atoms with Crippen molar-refractivity contribution in [3.05, 3.63) is 0 Å². The monoisotopic (exact) mass is 218 g/mol. The lowest BCUT2D eigenvalue weighted by atomic mass is 10.0. The van der Waals surface area contributed by atoms with Gasteiger partial charge in [0.05, 0.1) is 0 Å². The highest BCUT2D eigenvalue weighted by atomic mass is 16.7. The van der Waals surface area contributed by atoms with Crippen molar-refractivity contribution in [1.29, 1.82) is 0 Å². The predicted molar refractivity (Wildman–Crippen MR) is 54.3 cm³/mol. The fraction of sp³-hybridized carbons (Fsp3) is 0.778. The number of carbonyl (C=O) groups excluding carboxylic acids is 1. The number of hydrogen-bond donors (Lipinski definition) is 2. The molecule has 0 spiro atoms. The zero-order chi connectivity index (χ0) is 12.1. The minimum Gasteiger partial charge on any atom is -0.479 e. The second-order valence-electron chi connectivity index (χ2n) is 3.81. The maximum absolute atomic E-state index is 11.4. The minimum atomic E-state index is -1.13. The van der Waals surface area contributed by atoms with Gasteiger partial charge in [-0.15, -0.1) is 0 Å². The highest BCUT2D eigenvalue weighted by Gasteiger charge is 2.25. The van der Waals surface area contributed by atoms with Crippen LogP contribution >= 0.6 is 0 Å². The fourth-order valence-electron chi connectivity index (χ4n) is 0.740. The molecule has 2 N–H and O–H groups in total. The molecule has 0 fully saturated rings. The van der Waals surface area contributed by atoms with Gasteiger partial charge in [0.2, 0.25) is 0 Å². The summed E-state index contributed by atoms with van der Waals surface area (Å²) in [5.74, 6) is -1.13. The van der Waals surface area contributed by atoms with Crippen LogP contribution in [0.15, 0.2) is 0 Å². The molecule has 0 aliphatic carbocycles. The number of nitrogens with zero attached hydrogens (tertiary/aromatic N) is 1. The third kappa shape index (κ3) is 4.64. The van der Waals surface area contributed by atoms with Gasteiger partial charge in [-0.1, -0.05) is 6.92 Å². The lowest BCUT2D eigenvalue weighted by molar-refractivity contribution is -0.144. The first-order chi connectivity index (χ1) is 6.81. The number of hydroxylamine groups is 1. The lowest BCUT2D eigenvalue weighted by Gasteiger charge is -2.34. The molecule has 0 aromatic rings. The Morgan fingerprint density at radius 2 is 2.00 bits per heavy atom. The van der Waals surface area contributed by atoms with Crippen LogP contribution in [-0.2, 0) is 9.63 Å². The molecule has 6 heteroatoms. The number of hydrogen-bond acceptors (Lipinski definition) is 3. The number of amides is 2. The summed E-state index contributed by atoms with van der Waals surface area (Å²) in [6.07, 6.45) is 0.788. The van der Waals surface area contributed by atoms with Crippen LogP contribution in [0, 0.1) is 0 Å². The topological polar surface area (TPSA) is 78.9 Å². The summed E-state index contributed by atoms with van der Waals surface area (Å²) in [5, 5.41) is 8.28. The van der Waals surface area contributed by atoms with E-state index in [1.165, 1.54) is 4.90 Å². The van der Waals surface area contributed by atoms with E-state index in [0.717, 1.165) is 6.42 Å². The number of aliphatic carboxylic acids is 1. The summed E-state index contributed by atoms with van der Waals surface area (Å²) in [6, 6.07) is -0.455. The van der Waals surface area contributed by atoms with E-state index in [0.29, 0.717) is 0 Å². The van der Waals surface area contributed by atoms with Crippen molar-refractivity contribution in [3.8, 4) is 0 Å².